The highest BCUT2D eigenvalue weighted by molar-refractivity contribution is 5.77. The van der Waals surface area contributed by atoms with E-state index in [4.69, 9.17) is 4.74 Å². The van der Waals surface area contributed by atoms with Crippen LogP contribution in [0.1, 0.15) is 39.4 Å². The number of benzene rings is 1. The predicted octanol–water partition coefficient (Wildman–Crippen LogP) is 2.32. The summed E-state index contributed by atoms with van der Waals surface area (Å²) >= 11 is 0. The lowest BCUT2D eigenvalue weighted by Crippen LogP contribution is -2.40. The van der Waals surface area contributed by atoms with Gasteiger partial charge in [-0.3, -0.25) is 4.79 Å². The molecule has 1 rings (SSSR count). The van der Waals surface area contributed by atoms with Crippen molar-refractivity contribution in [3.8, 4) is 0 Å². The van der Waals surface area contributed by atoms with Crippen molar-refractivity contribution in [2.45, 2.75) is 45.4 Å². The van der Waals surface area contributed by atoms with Crippen molar-refractivity contribution in [2.75, 3.05) is 6.61 Å². The number of nitrogens with one attached hydrogen (secondary N) is 1. The molecule has 2 N–H and O–H groups in total. The van der Waals surface area contributed by atoms with Gasteiger partial charge < -0.3 is 15.2 Å². The zero-order valence-corrected chi connectivity index (χ0v) is 12.6. The first kappa shape index (κ1) is 17.5. The maximum atomic E-state index is 13.1. The third-order valence-electron chi connectivity index (χ3n) is 2.78. The average Bonchev–Trinajstić information content (AvgIpc) is 2.38. The van der Waals surface area contributed by atoms with E-state index in [-0.39, 0.29) is 18.1 Å². The summed E-state index contributed by atoms with van der Waals surface area (Å²) in [5.41, 5.74) is -0.252. The van der Waals surface area contributed by atoms with Crippen LogP contribution in [-0.4, -0.2) is 29.3 Å². The van der Waals surface area contributed by atoms with Crippen LogP contribution in [0.2, 0.25) is 0 Å². The topological polar surface area (TPSA) is 58.6 Å². The van der Waals surface area contributed by atoms with Gasteiger partial charge in [0.05, 0.1) is 17.7 Å². The number of halogens is 2. The maximum absolute atomic E-state index is 13.1. The molecule has 0 fully saturated rings. The van der Waals surface area contributed by atoms with Crippen LogP contribution in [-0.2, 0) is 9.53 Å². The van der Waals surface area contributed by atoms with Gasteiger partial charge in [0.2, 0.25) is 5.91 Å². The molecule has 0 spiro atoms. The lowest BCUT2D eigenvalue weighted by atomic mass is 10.0. The summed E-state index contributed by atoms with van der Waals surface area (Å²) in [5, 5.41) is 12.6. The van der Waals surface area contributed by atoms with Crippen molar-refractivity contribution in [1.82, 2.24) is 5.32 Å². The molecule has 1 aromatic rings. The molecule has 2 unspecified atom stereocenters. The molecule has 0 radical (unpaired) electrons. The molecule has 6 heteroatoms. The van der Waals surface area contributed by atoms with Gasteiger partial charge in [-0.1, -0.05) is 6.07 Å². The van der Waals surface area contributed by atoms with E-state index in [0.29, 0.717) is 0 Å². The third-order valence-corrected chi connectivity index (χ3v) is 2.78. The molecule has 0 heterocycles. The monoisotopic (exact) mass is 301 g/mol. The van der Waals surface area contributed by atoms with E-state index >= 15 is 0 Å². The molecule has 0 aliphatic heterocycles. The summed E-state index contributed by atoms with van der Waals surface area (Å²) < 4.78 is 31.3. The number of hydrogen-bond donors (Lipinski definition) is 2. The fourth-order valence-electron chi connectivity index (χ4n) is 1.64. The quantitative estimate of drug-likeness (QED) is 0.877. The largest absolute Gasteiger partial charge is 0.386 e. The lowest BCUT2D eigenvalue weighted by molar-refractivity contribution is -0.131. The first-order chi connectivity index (χ1) is 9.60. The van der Waals surface area contributed by atoms with Gasteiger partial charge >= 0.3 is 0 Å². The van der Waals surface area contributed by atoms with Crippen molar-refractivity contribution in [3.63, 3.8) is 0 Å². The molecule has 0 aliphatic rings. The van der Waals surface area contributed by atoms with Crippen LogP contribution >= 0.6 is 0 Å². The Morgan fingerprint density at radius 1 is 1.33 bits per heavy atom. The zero-order valence-electron chi connectivity index (χ0n) is 12.6. The summed E-state index contributed by atoms with van der Waals surface area (Å²) in [6, 6.07) is 2.46. The molecular weight excluding hydrogens is 280 g/mol. The first-order valence-corrected chi connectivity index (χ1v) is 6.66. The Bertz CT molecular complexity index is 500. The molecule has 118 valence electrons. The number of carbonyl (C=O) groups excluding carboxylic acids is 1. The highest BCUT2D eigenvalue weighted by atomic mass is 19.2. The molecule has 0 saturated carbocycles. The first-order valence-electron chi connectivity index (χ1n) is 6.66. The van der Waals surface area contributed by atoms with Crippen LogP contribution < -0.4 is 5.32 Å². The van der Waals surface area contributed by atoms with Crippen molar-refractivity contribution in [3.05, 3.63) is 35.4 Å². The van der Waals surface area contributed by atoms with Gasteiger partial charge in [-0.2, -0.15) is 0 Å². The molecule has 4 nitrogen and oxygen atoms in total. The van der Waals surface area contributed by atoms with Gasteiger partial charge in [0, 0.05) is 0 Å². The Labute approximate surface area is 123 Å². The van der Waals surface area contributed by atoms with E-state index in [1.165, 1.54) is 6.07 Å². The second-order valence-electron chi connectivity index (χ2n) is 5.88. The molecule has 1 amide bonds. The maximum Gasteiger partial charge on any atom is 0.246 e. The van der Waals surface area contributed by atoms with E-state index in [9.17, 15) is 18.7 Å². The summed E-state index contributed by atoms with van der Waals surface area (Å²) in [4.78, 5) is 11.7. The summed E-state index contributed by atoms with van der Waals surface area (Å²) in [7, 11) is 0. The number of aliphatic hydroxyl groups is 1. The number of aliphatic hydroxyl groups excluding tert-OH is 1. The van der Waals surface area contributed by atoms with Crippen molar-refractivity contribution in [2.24, 2.45) is 0 Å². The van der Waals surface area contributed by atoms with Crippen LogP contribution in [0, 0.1) is 11.6 Å². The zero-order chi connectivity index (χ0) is 16.2. The molecule has 0 aliphatic carbocycles. The Hall–Kier alpha value is -1.53. The lowest BCUT2D eigenvalue weighted by Gasteiger charge is -2.23. The van der Waals surface area contributed by atoms with Crippen LogP contribution in [0.3, 0.4) is 0 Å². The molecule has 0 aromatic heterocycles. The second kappa shape index (κ2) is 6.95. The second-order valence-corrected chi connectivity index (χ2v) is 5.88. The van der Waals surface area contributed by atoms with Gasteiger partial charge in [0.15, 0.2) is 11.6 Å². The van der Waals surface area contributed by atoms with Crippen molar-refractivity contribution in [1.29, 1.82) is 0 Å². The minimum atomic E-state index is -1.14. The predicted molar refractivity (Wildman–Crippen MR) is 74.6 cm³/mol. The van der Waals surface area contributed by atoms with Crippen LogP contribution in [0.4, 0.5) is 8.78 Å². The fraction of sp³-hybridized carbons (Fsp3) is 0.533. The smallest absolute Gasteiger partial charge is 0.246 e. The van der Waals surface area contributed by atoms with Gasteiger partial charge in [-0.15, -0.1) is 0 Å². The summed E-state index contributed by atoms with van der Waals surface area (Å²) in [6.45, 7) is 6.89. The Kier molecular flexibility index (Phi) is 5.80. The number of rotatable bonds is 5. The Morgan fingerprint density at radius 2 is 1.95 bits per heavy atom. The number of hydrogen-bond acceptors (Lipinski definition) is 3. The number of amides is 1. The third kappa shape index (κ3) is 5.77. The van der Waals surface area contributed by atoms with Gasteiger partial charge in [0.1, 0.15) is 6.61 Å². The number of carbonyl (C=O) groups is 1. The van der Waals surface area contributed by atoms with Crippen LogP contribution in [0.5, 0.6) is 0 Å². The van der Waals surface area contributed by atoms with E-state index in [1.807, 2.05) is 20.8 Å². The fourth-order valence-corrected chi connectivity index (χ4v) is 1.64. The standard InChI is InChI=1S/C15H21F2NO3/c1-9(18-13(19)8-21-15(2,3)4)14(20)10-5-6-11(16)12(17)7-10/h5-7,9,14,20H,8H2,1-4H3,(H,18,19). The van der Waals surface area contributed by atoms with Gasteiger partial charge in [-0.05, 0) is 45.4 Å². The average molecular weight is 301 g/mol. The summed E-state index contributed by atoms with van der Waals surface area (Å²) in [5.74, 6) is -2.42. The van der Waals surface area contributed by atoms with Crippen LogP contribution in [0.15, 0.2) is 18.2 Å². The number of ether oxygens (including phenoxy) is 1. The highest BCUT2D eigenvalue weighted by Gasteiger charge is 2.21. The van der Waals surface area contributed by atoms with Crippen LogP contribution in [0.25, 0.3) is 0 Å². The Balaban J connectivity index is 2.59. The minimum absolute atomic E-state index is 0.141. The minimum Gasteiger partial charge on any atom is -0.386 e. The van der Waals surface area contributed by atoms with E-state index < -0.39 is 29.4 Å². The van der Waals surface area contributed by atoms with Gasteiger partial charge in [0.25, 0.3) is 0 Å². The molecule has 0 bridgehead atoms. The molecule has 0 saturated heterocycles. The highest BCUT2D eigenvalue weighted by Crippen LogP contribution is 2.19. The van der Waals surface area contributed by atoms with E-state index in [1.54, 1.807) is 6.92 Å². The molecule has 21 heavy (non-hydrogen) atoms. The molecule has 2 atom stereocenters. The molecule has 1 aromatic carbocycles. The van der Waals surface area contributed by atoms with E-state index in [0.717, 1.165) is 12.1 Å². The Morgan fingerprint density at radius 3 is 2.48 bits per heavy atom. The van der Waals surface area contributed by atoms with Crippen molar-refractivity contribution < 1.29 is 23.4 Å². The summed E-state index contributed by atoms with van der Waals surface area (Å²) in [6.07, 6.45) is -1.14. The normalized spacial score (nSPS) is 14.6. The van der Waals surface area contributed by atoms with Gasteiger partial charge in [-0.25, -0.2) is 8.78 Å². The SMILES string of the molecule is CC(NC(=O)COC(C)(C)C)C(O)c1ccc(F)c(F)c1. The molecular formula is C15H21F2NO3. The van der Waals surface area contributed by atoms with E-state index in [2.05, 4.69) is 5.32 Å². The van der Waals surface area contributed by atoms with Crippen molar-refractivity contribution >= 4 is 5.91 Å².